The number of rotatable bonds is 11. The van der Waals surface area contributed by atoms with Gasteiger partial charge in [-0.2, -0.15) is 0 Å². The van der Waals surface area contributed by atoms with E-state index in [9.17, 15) is 4.79 Å². The highest BCUT2D eigenvalue weighted by molar-refractivity contribution is 5.90. The molecule has 4 fully saturated rings. The van der Waals surface area contributed by atoms with Crippen LogP contribution in [0.1, 0.15) is 96.9 Å². The minimum Gasteiger partial charge on any atom is -0.483 e. The normalized spacial score (nSPS) is 22.5. The molecule has 2 bridgehead atoms. The summed E-state index contributed by atoms with van der Waals surface area (Å²) in [6.07, 6.45) is 10.4. The van der Waals surface area contributed by atoms with Gasteiger partial charge >= 0.3 is 6.09 Å². The second-order valence-corrected chi connectivity index (χ2v) is 18.6. The van der Waals surface area contributed by atoms with Crippen molar-refractivity contribution < 1.29 is 14.3 Å². The largest absolute Gasteiger partial charge is 0.483 e. The third-order valence-electron chi connectivity index (χ3n) is 13.1. The van der Waals surface area contributed by atoms with E-state index in [0.717, 1.165) is 83.2 Å². The second-order valence-electron chi connectivity index (χ2n) is 18.6. The third-order valence-corrected chi connectivity index (χ3v) is 13.1. The Labute approximate surface area is 342 Å². The topological polar surface area (TPSA) is 111 Å². The van der Waals surface area contributed by atoms with Crippen molar-refractivity contribution in [2.75, 3.05) is 13.7 Å². The van der Waals surface area contributed by atoms with Gasteiger partial charge in [0.25, 0.3) is 0 Å². The highest BCUT2D eigenvalue weighted by atomic mass is 16.6. The molecule has 4 aliphatic rings. The van der Waals surface area contributed by atoms with Crippen LogP contribution in [0.15, 0.2) is 97.8 Å². The summed E-state index contributed by atoms with van der Waals surface area (Å²) in [5, 5.41) is 5.81. The molecule has 5 aromatic rings. The molecule has 0 radical (unpaired) electrons. The SMILES string of the molecule is C=C(N[C@H](C(=C)N1CC2(CC2)C[C@H]1c1ncc(-c2ccc3cc(-c4ccc(-c5cnc([C@@H]6[C@H]7CC[C@H](C7)N6C(=O)OC(C)(C)C)[nH]5)cc4)ccc3c2)[nH]1)C(C)C)OC. The molecule has 2 aliphatic heterocycles. The summed E-state index contributed by atoms with van der Waals surface area (Å²) in [5.74, 6) is 3.10. The predicted octanol–water partition coefficient (Wildman–Crippen LogP) is 10.5. The van der Waals surface area contributed by atoms with E-state index >= 15 is 0 Å². The molecule has 58 heavy (non-hydrogen) atoms. The number of methoxy groups -OCH3 is 1. The molecular formula is C48H57N7O3. The van der Waals surface area contributed by atoms with Gasteiger partial charge in [0.2, 0.25) is 0 Å². The van der Waals surface area contributed by atoms with E-state index in [2.05, 4.69) is 108 Å². The molecule has 5 atom stereocenters. The number of carbonyl (C=O) groups is 1. The van der Waals surface area contributed by atoms with Crippen molar-refractivity contribution in [3.63, 3.8) is 0 Å². The third kappa shape index (κ3) is 7.15. The number of H-pyrrole nitrogens is 2. The number of nitrogens with zero attached hydrogens (tertiary/aromatic N) is 4. The first-order valence-corrected chi connectivity index (χ1v) is 21.0. The van der Waals surface area contributed by atoms with Crippen LogP contribution in [0.2, 0.25) is 0 Å². The van der Waals surface area contributed by atoms with Gasteiger partial charge in [-0.15, -0.1) is 0 Å². The summed E-state index contributed by atoms with van der Waals surface area (Å²) in [6, 6.07) is 22.2. The van der Waals surface area contributed by atoms with E-state index in [4.69, 9.17) is 19.4 Å². The number of carbonyl (C=O) groups excluding carboxylic acids is 1. The van der Waals surface area contributed by atoms with Crippen LogP contribution in [0.25, 0.3) is 44.4 Å². The number of ether oxygens (including phenoxy) is 2. The molecule has 3 aromatic carbocycles. The zero-order chi connectivity index (χ0) is 40.5. The minimum atomic E-state index is -0.537. The summed E-state index contributed by atoms with van der Waals surface area (Å²) >= 11 is 0. The van der Waals surface area contributed by atoms with Gasteiger partial charge in [-0.05, 0) is 123 Å². The van der Waals surface area contributed by atoms with Gasteiger partial charge in [0.15, 0.2) is 5.88 Å². The molecule has 3 N–H and O–H groups in total. The molecule has 9 rings (SSSR count). The quantitative estimate of drug-likeness (QED) is 0.114. The van der Waals surface area contributed by atoms with Crippen LogP contribution in [0.5, 0.6) is 0 Å². The van der Waals surface area contributed by atoms with Crippen molar-refractivity contribution in [2.45, 2.75) is 103 Å². The fourth-order valence-corrected chi connectivity index (χ4v) is 9.83. The number of imidazole rings is 2. The van der Waals surface area contributed by atoms with Crippen LogP contribution in [0.3, 0.4) is 0 Å². The Balaban J connectivity index is 0.897. The minimum absolute atomic E-state index is 0.0166. The standard InChI is InChI=1S/C48H57N7O3/c1-28(2)42(51-30(4)57-8)29(3)54-27-48(19-20-48)24-41(54)44-49-26-40(52-44)36-16-15-34-21-33(13-14-35(34)22-36)31-9-11-32(12-10-31)39-25-50-45(53-39)43-37-17-18-38(23-37)55(43)46(56)58-47(5,6)7/h9-16,21-22,25-26,28,37-38,41-43,51H,3-4,17-20,23-24,27H2,1-2,5-8H3,(H,49,52)(H,50,53)/t37-,38+,41-,42-,43-/m0/s1. The van der Waals surface area contributed by atoms with Crippen molar-refractivity contribution >= 4 is 16.9 Å². The molecule has 1 spiro atoms. The van der Waals surface area contributed by atoms with E-state index in [1.807, 2.05) is 38.1 Å². The van der Waals surface area contributed by atoms with E-state index in [0.29, 0.717) is 23.1 Å². The van der Waals surface area contributed by atoms with Crippen molar-refractivity contribution in [2.24, 2.45) is 17.3 Å². The second kappa shape index (κ2) is 14.4. The number of aromatic nitrogens is 4. The number of amides is 1. The first-order valence-electron chi connectivity index (χ1n) is 21.0. The Bertz CT molecular complexity index is 2360. The molecule has 10 nitrogen and oxygen atoms in total. The maximum atomic E-state index is 13.3. The Morgan fingerprint density at radius 2 is 1.50 bits per heavy atom. The highest BCUT2D eigenvalue weighted by Crippen LogP contribution is 2.59. The van der Waals surface area contributed by atoms with Crippen molar-refractivity contribution in [1.29, 1.82) is 0 Å². The Hall–Kier alpha value is -5.51. The van der Waals surface area contributed by atoms with Gasteiger partial charge in [0, 0.05) is 23.8 Å². The molecule has 4 heterocycles. The summed E-state index contributed by atoms with van der Waals surface area (Å²) in [6.45, 7) is 19.8. The van der Waals surface area contributed by atoms with Crippen LogP contribution in [0.4, 0.5) is 4.79 Å². The summed E-state index contributed by atoms with van der Waals surface area (Å²) in [7, 11) is 1.64. The van der Waals surface area contributed by atoms with Crippen LogP contribution in [-0.4, -0.2) is 67.2 Å². The number of nitrogens with one attached hydrogen (secondary N) is 3. The van der Waals surface area contributed by atoms with Gasteiger partial charge in [-0.1, -0.05) is 69.0 Å². The van der Waals surface area contributed by atoms with Crippen molar-refractivity contribution in [3.05, 3.63) is 109 Å². The number of piperidine rings is 1. The lowest BCUT2D eigenvalue weighted by Crippen LogP contribution is -2.43. The van der Waals surface area contributed by atoms with Crippen LogP contribution in [0, 0.1) is 17.3 Å². The maximum Gasteiger partial charge on any atom is 0.411 e. The molecule has 1 amide bonds. The summed E-state index contributed by atoms with van der Waals surface area (Å²) in [5.41, 5.74) is 7.33. The van der Waals surface area contributed by atoms with Crippen molar-refractivity contribution in [3.8, 4) is 33.6 Å². The smallest absolute Gasteiger partial charge is 0.411 e. The Morgan fingerprint density at radius 1 is 0.879 bits per heavy atom. The van der Waals surface area contributed by atoms with E-state index in [-0.39, 0.29) is 30.3 Å². The van der Waals surface area contributed by atoms with E-state index in [1.165, 1.54) is 23.6 Å². The van der Waals surface area contributed by atoms with Gasteiger partial charge in [0.05, 0.1) is 49.0 Å². The van der Waals surface area contributed by atoms with Crippen LogP contribution >= 0.6 is 0 Å². The maximum absolute atomic E-state index is 13.3. The van der Waals surface area contributed by atoms with Gasteiger partial charge in [-0.25, -0.2) is 14.8 Å². The monoisotopic (exact) mass is 779 g/mol. The Kier molecular flexibility index (Phi) is 9.44. The zero-order valence-electron chi connectivity index (χ0n) is 34.8. The number of hydrogen-bond acceptors (Lipinski definition) is 7. The Morgan fingerprint density at radius 3 is 2.17 bits per heavy atom. The summed E-state index contributed by atoms with van der Waals surface area (Å²) in [4.78, 5) is 34.7. The van der Waals surface area contributed by atoms with E-state index < -0.39 is 5.60 Å². The number of aromatic amines is 2. The van der Waals surface area contributed by atoms with Gasteiger partial charge in [-0.3, -0.25) is 4.90 Å². The number of benzene rings is 3. The van der Waals surface area contributed by atoms with Gasteiger partial charge < -0.3 is 29.7 Å². The molecule has 2 saturated heterocycles. The molecular weight excluding hydrogens is 723 g/mol. The molecule has 10 heteroatoms. The van der Waals surface area contributed by atoms with E-state index in [1.54, 1.807) is 7.11 Å². The number of fused-ring (bicyclic) bond motifs is 3. The lowest BCUT2D eigenvalue weighted by Gasteiger charge is -2.35. The first-order chi connectivity index (χ1) is 27.8. The number of likely N-dealkylation sites (tertiary alicyclic amines) is 2. The lowest BCUT2D eigenvalue weighted by molar-refractivity contribution is 0.00620. The molecule has 2 aromatic heterocycles. The fraction of sp³-hybridized carbons (Fsp3) is 0.438. The molecule has 2 saturated carbocycles. The van der Waals surface area contributed by atoms with Gasteiger partial charge in [0.1, 0.15) is 17.2 Å². The average Bonchev–Trinajstić information content (AvgIpc) is 3.83. The van der Waals surface area contributed by atoms with Crippen molar-refractivity contribution in [1.82, 2.24) is 35.1 Å². The highest BCUT2D eigenvalue weighted by Gasteiger charge is 2.54. The number of hydrogen-bond donors (Lipinski definition) is 3. The lowest BCUT2D eigenvalue weighted by atomic mass is 9.98. The zero-order valence-corrected chi connectivity index (χ0v) is 34.8. The predicted molar refractivity (Wildman–Crippen MR) is 229 cm³/mol. The molecule has 0 unspecified atom stereocenters. The fourth-order valence-electron chi connectivity index (χ4n) is 9.83. The first kappa shape index (κ1) is 38.0. The molecule has 2 aliphatic carbocycles. The van der Waals surface area contributed by atoms with Crippen LogP contribution in [-0.2, 0) is 9.47 Å². The summed E-state index contributed by atoms with van der Waals surface area (Å²) < 4.78 is 11.2. The molecule has 302 valence electrons. The average molecular weight is 780 g/mol. The van der Waals surface area contributed by atoms with Crippen LogP contribution < -0.4 is 5.32 Å².